The summed E-state index contributed by atoms with van der Waals surface area (Å²) in [4.78, 5) is 16.6. The number of piperazine rings is 1. The number of hydrogen-bond donors (Lipinski definition) is 1. The first-order valence-corrected chi connectivity index (χ1v) is 7.60. The van der Waals surface area contributed by atoms with E-state index in [1.807, 2.05) is 13.8 Å². The molecule has 19 heavy (non-hydrogen) atoms. The molecule has 1 fully saturated rings. The molecule has 1 aliphatic heterocycles. The average Bonchev–Trinajstić information content (AvgIpc) is 2.34. The van der Waals surface area contributed by atoms with Crippen LogP contribution in [0.2, 0.25) is 0 Å². The highest BCUT2D eigenvalue weighted by atomic mass is 16.1. The van der Waals surface area contributed by atoms with Gasteiger partial charge in [0.2, 0.25) is 5.91 Å². The molecule has 4 nitrogen and oxygen atoms in total. The first kappa shape index (κ1) is 16.4. The molecule has 1 aliphatic rings. The molecule has 0 aliphatic carbocycles. The van der Waals surface area contributed by atoms with E-state index in [9.17, 15) is 4.79 Å². The molecule has 1 saturated heterocycles. The minimum absolute atomic E-state index is 0.0761. The molecule has 0 aromatic heterocycles. The van der Waals surface area contributed by atoms with Crippen LogP contribution in [0.1, 0.15) is 34.1 Å². The van der Waals surface area contributed by atoms with Crippen LogP contribution in [0.4, 0.5) is 0 Å². The number of likely N-dealkylation sites (N-methyl/N-ethyl adjacent to an activating group) is 1. The molecule has 1 unspecified atom stereocenters. The van der Waals surface area contributed by atoms with Crippen molar-refractivity contribution < 1.29 is 4.79 Å². The largest absolute Gasteiger partial charge is 0.354 e. The predicted molar refractivity (Wildman–Crippen MR) is 80.2 cm³/mol. The number of rotatable bonds is 6. The van der Waals surface area contributed by atoms with Gasteiger partial charge >= 0.3 is 0 Å². The van der Waals surface area contributed by atoms with Crippen LogP contribution in [-0.2, 0) is 4.79 Å². The Balaban J connectivity index is 2.49. The summed E-state index contributed by atoms with van der Waals surface area (Å²) in [5.74, 6) is 0.913. The monoisotopic (exact) mass is 269 g/mol. The third kappa shape index (κ3) is 5.91. The first-order chi connectivity index (χ1) is 8.90. The van der Waals surface area contributed by atoms with Gasteiger partial charge in [0.1, 0.15) is 0 Å². The van der Waals surface area contributed by atoms with Crippen molar-refractivity contribution in [2.24, 2.45) is 11.8 Å². The maximum atomic E-state index is 11.7. The smallest absolute Gasteiger partial charge is 0.222 e. The highest BCUT2D eigenvalue weighted by Crippen LogP contribution is 2.13. The Morgan fingerprint density at radius 1 is 1.11 bits per heavy atom. The first-order valence-electron chi connectivity index (χ1n) is 7.60. The van der Waals surface area contributed by atoms with E-state index in [1.165, 1.54) is 0 Å². The van der Waals surface area contributed by atoms with Gasteiger partial charge in [-0.05, 0) is 19.4 Å². The van der Waals surface area contributed by atoms with Crippen LogP contribution in [0.3, 0.4) is 0 Å². The van der Waals surface area contributed by atoms with E-state index in [0.29, 0.717) is 12.0 Å². The van der Waals surface area contributed by atoms with E-state index in [1.54, 1.807) is 0 Å². The lowest BCUT2D eigenvalue weighted by Gasteiger charge is -2.38. The summed E-state index contributed by atoms with van der Waals surface area (Å²) >= 11 is 0. The molecule has 0 radical (unpaired) electrons. The Morgan fingerprint density at radius 3 is 2.16 bits per heavy atom. The molecule has 0 bridgehead atoms. The van der Waals surface area contributed by atoms with Crippen LogP contribution < -0.4 is 5.32 Å². The van der Waals surface area contributed by atoms with Gasteiger partial charge in [-0.3, -0.25) is 9.69 Å². The molecular formula is C15H31N3O. The molecule has 0 spiro atoms. The normalized spacial score (nSPS) is 19.9. The summed E-state index contributed by atoms with van der Waals surface area (Å²) in [7, 11) is 2.18. The number of nitrogens with zero attached hydrogens (tertiary/aromatic N) is 2. The lowest BCUT2D eigenvalue weighted by molar-refractivity contribution is -0.124. The van der Waals surface area contributed by atoms with E-state index < -0.39 is 0 Å². The zero-order valence-corrected chi connectivity index (χ0v) is 13.3. The van der Waals surface area contributed by atoms with Crippen molar-refractivity contribution in [1.29, 1.82) is 0 Å². The maximum Gasteiger partial charge on any atom is 0.222 e. The molecule has 1 amide bonds. The predicted octanol–water partition coefficient (Wildman–Crippen LogP) is 1.42. The van der Waals surface area contributed by atoms with Gasteiger partial charge in [-0.15, -0.1) is 0 Å². The van der Waals surface area contributed by atoms with Crippen molar-refractivity contribution in [2.75, 3.05) is 39.8 Å². The van der Waals surface area contributed by atoms with Crippen molar-refractivity contribution >= 4 is 5.91 Å². The highest BCUT2D eigenvalue weighted by Gasteiger charge is 2.23. The van der Waals surface area contributed by atoms with Crippen LogP contribution in [0, 0.1) is 11.8 Å². The van der Waals surface area contributed by atoms with Crippen molar-refractivity contribution in [2.45, 2.75) is 40.2 Å². The van der Waals surface area contributed by atoms with Gasteiger partial charge in [0.05, 0.1) is 0 Å². The van der Waals surface area contributed by atoms with Gasteiger partial charge in [0.25, 0.3) is 0 Å². The summed E-state index contributed by atoms with van der Waals surface area (Å²) in [6, 6.07) is 0.483. The van der Waals surface area contributed by atoms with E-state index in [0.717, 1.165) is 39.1 Å². The Kier molecular flexibility index (Phi) is 6.80. The summed E-state index contributed by atoms with van der Waals surface area (Å²) < 4.78 is 0. The lowest BCUT2D eigenvalue weighted by Crippen LogP contribution is -2.53. The van der Waals surface area contributed by atoms with Crippen LogP contribution in [0.25, 0.3) is 0 Å². The Hall–Kier alpha value is -0.610. The van der Waals surface area contributed by atoms with Crippen molar-refractivity contribution in [3.63, 3.8) is 0 Å². The minimum atomic E-state index is 0.0761. The molecule has 1 heterocycles. The zero-order chi connectivity index (χ0) is 14.4. The fraction of sp³-hybridized carbons (Fsp3) is 0.933. The summed E-state index contributed by atoms with van der Waals surface area (Å²) in [5, 5.41) is 3.10. The molecule has 112 valence electrons. The molecule has 1 atom stereocenters. The summed E-state index contributed by atoms with van der Waals surface area (Å²) in [6.45, 7) is 13.7. The Morgan fingerprint density at radius 2 is 1.68 bits per heavy atom. The molecule has 1 N–H and O–H groups in total. The molecule has 4 heteroatoms. The summed E-state index contributed by atoms with van der Waals surface area (Å²) in [6.07, 6.45) is 1.15. The van der Waals surface area contributed by atoms with Gasteiger partial charge in [0.15, 0.2) is 0 Å². The third-order valence-corrected chi connectivity index (χ3v) is 3.83. The molecule has 0 saturated carbocycles. The van der Waals surface area contributed by atoms with Crippen LogP contribution in [0.5, 0.6) is 0 Å². The van der Waals surface area contributed by atoms with E-state index in [-0.39, 0.29) is 11.8 Å². The van der Waals surface area contributed by atoms with Gasteiger partial charge < -0.3 is 10.2 Å². The fourth-order valence-corrected chi connectivity index (χ4v) is 2.52. The number of amides is 1. The van der Waals surface area contributed by atoms with Gasteiger partial charge in [-0.1, -0.05) is 27.7 Å². The standard InChI is InChI=1S/C15H31N3O/c1-12(2)10-14(11-16-15(19)13(3)4)18-8-6-17(5)7-9-18/h12-14H,6-11H2,1-5H3,(H,16,19). The highest BCUT2D eigenvalue weighted by molar-refractivity contribution is 5.77. The second kappa shape index (κ2) is 7.85. The summed E-state index contributed by atoms with van der Waals surface area (Å²) in [5.41, 5.74) is 0. The Bertz CT molecular complexity index is 271. The average molecular weight is 269 g/mol. The number of carbonyl (C=O) groups excluding carboxylic acids is 1. The number of hydrogen-bond acceptors (Lipinski definition) is 3. The van der Waals surface area contributed by atoms with Gasteiger partial charge in [-0.2, -0.15) is 0 Å². The van der Waals surface area contributed by atoms with Crippen LogP contribution in [-0.4, -0.2) is 61.5 Å². The van der Waals surface area contributed by atoms with Crippen molar-refractivity contribution in [3.8, 4) is 0 Å². The minimum Gasteiger partial charge on any atom is -0.354 e. The fourth-order valence-electron chi connectivity index (χ4n) is 2.52. The molecule has 0 aromatic rings. The second-order valence-electron chi connectivity index (χ2n) is 6.52. The van der Waals surface area contributed by atoms with Crippen LogP contribution >= 0.6 is 0 Å². The van der Waals surface area contributed by atoms with Crippen molar-refractivity contribution in [3.05, 3.63) is 0 Å². The zero-order valence-electron chi connectivity index (χ0n) is 13.3. The van der Waals surface area contributed by atoms with E-state index in [2.05, 4.69) is 36.0 Å². The number of nitrogens with one attached hydrogen (secondary N) is 1. The quantitative estimate of drug-likeness (QED) is 0.792. The topological polar surface area (TPSA) is 35.6 Å². The van der Waals surface area contributed by atoms with E-state index in [4.69, 9.17) is 0 Å². The third-order valence-electron chi connectivity index (χ3n) is 3.83. The number of carbonyl (C=O) groups is 1. The SMILES string of the molecule is CC(C)CC(CNC(=O)C(C)C)N1CCN(C)CC1. The molecule has 1 rings (SSSR count). The van der Waals surface area contributed by atoms with Crippen LogP contribution in [0.15, 0.2) is 0 Å². The maximum absolute atomic E-state index is 11.7. The lowest BCUT2D eigenvalue weighted by atomic mass is 10.0. The molecule has 0 aromatic carbocycles. The Labute approximate surface area is 118 Å². The van der Waals surface area contributed by atoms with Crippen molar-refractivity contribution in [1.82, 2.24) is 15.1 Å². The van der Waals surface area contributed by atoms with Gasteiger partial charge in [-0.25, -0.2) is 0 Å². The second-order valence-corrected chi connectivity index (χ2v) is 6.52. The van der Waals surface area contributed by atoms with E-state index >= 15 is 0 Å². The van der Waals surface area contributed by atoms with Gasteiger partial charge in [0, 0.05) is 44.7 Å². The molecular weight excluding hydrogens is 238 g/mol.